The molecule has 2 N–H and O–H groups in total. The van der Waals surface area contributed by atoms with Crippen LogP contribution in [0.15, 0.2) is 18.2 Å². The van der Waals surface area contributed by atoms with Crippen LogP contribution in [0.5, 0.6) is 0 Å². The van der Waals surface area contributed by atoms with Gasteiger partial charge in [-0.25, -0.2) is 0 Å². The Morgan fingerprint density at radius 1 is 1.28 bits per heavy atom. The lowest BCUT2D eigenvalue weighted by Gasteiger charge is -2.32. The highest BCUT2D eigenvalue weighted by Gasteiger charge is 2.23. The summed E-state index contributed by atoms with van der Waals surface area (Å²) in [5.41, 5.74) is 9.93. The number of rotatable bonds is 5. The lowest BCUT2D eigenvalue weighted by Crippen LogP contribution is -2.33. The van der Waals surface area contributed by atoms with Gasteiger partial charge in [0.25, 0.3) is 0 Å². The molecule has 2 heteroatoms. The largest absolute Gasteiger partial charge is 0.369 e. The van der Waals surface area contributed by atoms with Gasteiger partial charge in [0.05, 0.1) is 0 Å². The van der Waals surface area contributed by atoms with Gasteiger partial charge < -0.3 is 10.6 Å². The molecule has 2 rings (SSSR count). The van der Waals surface area contributed by atoms with Gasteiger partial charge in [0.2, 0.25) is 0 Å². The van der Waals surface area contributed by atoms with E-state index in [4.69, 9.17) is 5.73 Å². The molecule has 0 radical (unpaired) electrons. The molecule has 0 saturated heterocycles. The third kappa shape index (κ3) is 2.86. The maximum atomic E-state index is 5.76. The van der Waals surface area contributed by atoms with Crippen LogP contribution in [0.1, 0.15) is 43.7 Å². The molecule has 1 aliphatic carbocycles. The van der Waals surface area contributed by atoms with Crippen molar-refractivity contribution in [1.82, 2.24) is 0 Å². The Morgan fingerprint density at radius 3 is 2.61 bits per heavy atom. The van der Waals surface area contributed by atoms with Gasteiger partial charge in [-0.2, -0.15) is 0 Å². The molecule has 0 aliphatic heterocycles. The van der Waals surface area contributed by atoms with E-state index in [-0.39, 0.29) is 0 Å². The Kier molecular flexibility index (Phi) is 4.65. The lowest BCUT2D eigenvalue weighted by atomic mass is 10.0. The SMILES string of the molecule is CCN(c1ccc(C)cc1CCN)C1CCCC1. The average Bonchev–Trinajstić information content (AvgIpc) is 2.87. The molecular formula is C16H26N2. The van der Waals surface area contributed by atoms with Gasteiger partial charge >= 0.3 is 0 Å². The molecule has 1 aliphatic rings. The highest BCUT2D eigenvalue weighted by Crippen LogP contribution is 2.31. The fraction of sp³-hybridized carbons (Fsp3) is 0.625. The topological polar surface area (TPSA) is 29.3 Å². The zero-order chi connectivity index (χ0) is 13.0. The highest BCUT2D eigenvalue weighted by molar-refractivity contribution is 5.56. The van der Waals surface area contributed by atoms with Crippen LogP contribution in [-0.4, -0.2) is 19.1 Å². The fourth-order valence-corrected chi connectivity index (χ4v) is 3.19. The van der Waals surface area contributed by atoms with Gasteiger partial charge in [-0.3, -0.25) is 0 Å². The second kappa shape index (κ2) is 6.24. The summed E-state index contributed by atoms with van der Waals surface area (Å²) in [6.45, 7) is 6.27. The number of aryl methyl sites for hydroxylation is 1. The van der Waals surface area contributed by atoms with Gasteiger partial charge in [-0.1, -0.05) is 30.5 Å². The first-order valence-electron chi connectivity index (χ1n) is 7.32. The van der Waals surface area contributed by atoms with Crippen molar-refractivity contribution in [3.05, 3.63) is 29.3 Å². The minimum atomic E-state index is 0.735. The zero-order valence-electron chi connectivity index (χ0n) is 11.8. The van der Waals surface area contributed by atoms with Gasteiger partial charge in [0, 0.05) is 18.3 Å². The average molecular weight is 246 g/mol. The smallest absolute Gasteiger partial charge is 0.0401 e. The molecule has 100 valence electrons. The first-order valence-corrected chi connectivity index (χ1v) is 7.32. The number of hydrogen-bond acceptors (Lipinski definition) is 2. The van der Waals surface area contributed by atoms with E-state index in [9.17, 15) is 0 Å². The standard InChI is InChI=1S/C16H26N2/c1-3-18(15-6-4-5-7-15)16-9-8-13(2)12-14(16)10-11-17/h8-9,12,15H,3-7,10-11,17H2,1-2H3. The summed E-state index contributed by atoms with van der Waals surface area (Å²) in [5, 5.41) is 0. The number of nitrogens with zero attached hydrogens (tertiary/aromatic N) is 1. The quantitative estimate of drug-likeness (QED) is 0.864. The minimum Gasteiger partial charge on any atom is -0.369 e. The maximum absolute atomic E-state index is 5.76. The van der Waals surface area contributed by atoms with Crippen LogP contribution < -0.4 is 10.6 Å². The molecule has 0 bridgehead atoms. The Bertz CT molecular complexity index is 381. The van der Waals surface area contributed by atoms with Crippen molar-refractivity contribution in [1.29, 1.82) is 0 Å². The zero-order valence-corrected chi connectivity index (χ0v) is 11.8. The van der Waals surface area contributed by atoms with Crippen LogP contribution in [0.3, 0.4) is 0 Å². The van der Waals surface area contributed by atoms with Gasteiger partial charge in [0.1, 0.15) is 0 Å². The van der Waals surface area contributed by atoms with Gasteiger partial charge in [-0.15, -0.1) is 0 Å². The van der Waals surface area contributed by atoms with E-state index < -0.39 is 0 Å². The monoisotopic (exact) mass is 246 g/mol. The van der Waals surface area contributed by atoms with E-state index in [1.165, 1.54) is 42.5 Å². The molecule has 0 amide bonds. The second-order valence-electron chi connectivity index (χ2n) is 5.40. The van der Waals surface area contributed by atoms with E-state index in [1.54, 1.807) is 0 Å². The van der Waals surface area contributed by atoms with Crippen molar-refractivity contribution in [2.75, 3.05) is 18.0 Å². The molecule has 2 nitrogen and oxygen atoms in total. The summed E-state index contributed by atoms with van der Waals surface area (Å²) in [7, 11) is 0. The summed E-state index contributed by atoms with van der Waals surface area (Å²) < 4.78 is 0. The summed E-state index contributed by atoms with van der Waals surface area (Å²) in [6, 6.07) is 7.57. The Balaban J connectivity index is 2.28. The molecule has 0 atom stereocenters. The second-order valence-corrected chi connectivity index (χ2v) is 5.40. The number of nitrogens with two attached hydrogens (primary N) is 1. The molecular weight excluding hydrogens is 220 g/mol. The van der Waals surface area contributed by atoms with Crippen LogP contribution in [0.4, 0.5) is 5.69 Å². The Labute approximate surface area is 111 Å². The van der Waals surface area contributed by atoms with Crippen LogP contribution in [0.2, 0.25) is 0 Å². The predicted molar refractivity (Wildman–Crippen MR) is 79.2 cm³/mol. The first-order chi connectivity index (χ1) is 8.76. The Morgan fingerprint density at radius 2 is 2.00 bits per heavy atom. The summed E-state index contributed by atoms with van der Waals surface area (Å²) in [6.07, 6.45) is 6.46. The van der Waals surface area contributed by atoms with Crippen molar-refractivity contribution < 1.29 is 0 Å². The molecule has 0 aromatic heterocycles. The molecule has 1 aromatic rings. The predicted octanol–water partition coefficient (Wildman–Crippen LogP) is 3.27. The minimum absolute atomic E-state index is 0.735. The van der Waals surface area contributed by atoms with E-state index in [1.807, 2.05) is 0 Å². The van der Waals surface area contributed by atoms with E-state index in [0.717, 1.165) is 25.6 Å². The molecule has 18 heavy (non-hydrogen) atoms. The molecule has 0 unspecified atom stereocenters. The van der Waals surface area contributed by atoms with E-state index in [0.29, 0.717) is 0 Å². The maximum Gasteiger partial charge on any atom is 0.0401 e. The summed E-state index contributed by atoms with van der Waals surface area (Å²) in [5.74, 6) is 0. The lowest BCUT2D eigenvalue weighted by molar-refractivity contribution is 0.617. The fourth-order valence-electron chi connectivity index (χ4n) is 3.19. The van der Waals surface area contributed by atoms with Crippen molar-refractivity contribution >= 4 is 5.69 Å². The van der Waals surface area contributed by atoms with Crippen molar-refractivity contribution in [3.63, 3.8) is 0 Å². The van der Waals surface area contributed by atoms with Crippen molar-refractivity contribution in [2.24, 2.45) is 5.73 Å². The molecule has 0 heterocycles. The van der Waals surface area contributed by atoms with Crippen LogP contribution in [0.25, 0.3) is 0 Å². The molecule has 1 saturated carbocycles. The third-order valence-corrected chi connectivity index (χ3v) is 4.06. The number of hydrogen-bond donors (Lipinski definition) is 1. The number of anilines is 1. The highest BCUT2D eigenvalue weighted by atomic mass is 15.2. The Hall–Kier alpha value is -1.02. The summed E-state index contributed by atoms with van der Waals surface area (Å²) >= 11 is 0. The normalized spacial score (nSPS) is 16.2. The van der Waals surface area contributed by atoms with Crippen LogP contribution in [0, 0.1) is 6.92 Å². The third-order valence-electron chi connectivity index (χ3n) is 4.06. The van der Waals surface area contributed by atoms with E-state index >= 15 is 0 Å². The molecule has 0 spiro atoms. The molecule has 1 fully saturated rings. The van der Waals surface area contributed by atoms with Crippen LogP contribution >= 0.6 is 0 Å². The number of benzene rings is 1. The van der Waals surface area contributed by atoms with Gasteiger partial charge in [-0.05, 0) is 51.3 Å². The van der Waals surface area contributed by atoms with Gasteiger partial charge in [0.15, 0.2) is 0 Å². The van der Waals surface area contributed by atoms with Crippen LogP contribution in [-0.2, 0) is 6.42 Å². The van der Waals surface area contributed by atoms with E-state index in [2.05, 4.69) is 36.9 Å². The first kappa shape index (κ1) is 13.4. The van der Waals surface area contributed by atoms with Crippen molar-refractivity contribution in [3.8, 4) is 0 Å². The van der Waals surface area contributed by atoms with Crippen molar-refractivity contribution in [2.45, 2.75) is 52.0 Å². The molecule has 1 aromatic carbocycles. The summed E-state index contributed by atoms with van der Waals surface area (Å²) in [4.78, 5) is 2.59.